The van der Waals surface area contributed by atoms with E-state index in [1.54, 1.807) is 6.33 Å². The molecule has 0 unspecified atom stereocenters. The van der Waals surface area contributed by atoms with Gasteiger partial charge in [-0.05, 0) is 30.2 Å². The van der Waals surface area contributed by atoms with Crippen LogP contribution in [0.4, 0.5) is 5.95 Å². The molecule has 7 nitrogen and oxygen atoms in total. The van der Waals surface area contributed by atoms with E-state index in [1.165, 1.54) is 11.4 Å². The SMILES string of the molecule is Cc1[nH]cnc1C1CCN(c2nnn[nH]2)CC1. The van der Waals surface area contributed by atoms with Crippen molar-refractivity contribution in [2.24, 2.45) is 0 Å². The van der Waals surface area contributed by atoms with Crippen molar-refractivity contribution >= 4 is 5.95 Å². The minimum absolute atomic E-state index is 0.549. The Balaban J connectivity index is 1.67. The van der Waals surface area contributed by atoms with Gasteiger partial charge in [0, 0.05) is 24.7 Å². The molecule has 2 N–H and O–H groups in total. The van der Waals surface area contributed by atoms with Crippen molar-refractivity contribution in [2.75, 3.05) is 18.0 Å². The van der Waals surface area contributed by atoms with Crippen LogP contribution in [-0.2, 0) is 0 Å². The largest absolute Gasteiger partial charge is 0.348 e. The predicted molar refractivity (Wildman–Crippen MR) is 61.7 cm³/mol. The van der Waals surface area contributed by atoms with Crippen molar-refractivity contribution in [3.8, 4) is 0 Å². The maximum Gasteiger partial charge on any atom is 0.242 e. The molecule has 2 aromatic heterocycles. The topological polar surface area (TPSA) is 86.4 Å². The summed E-state index contributed by atoms with van der Waals surface area (Å²) in [6, 6.07) is 0. The standard InChI is InChI=1S/C10H15N7/c1-7-9(12-6-11-7)8-2-4-17(5-3-8)10-13-15-16-14-10/h6,8H,2-5H2,1H3,(H,11,12)(H,13,14,15,16). The van der Waals surface area contributed by atoms with E-state index in [2.05, 4.69) is 42.4 Å². The van der Waals surface area contributed by atoms with Gasteiger partial charge in [0.2, 0.25) is 5.95 Å². The zero-order chi connectivity index (χ0) is 11.7. The van der Waals surface area contributed by atoms with E-state index >= 15 is 0 Å². The first kappa shape index (κ1) is 10.2. The Bertz CT molecular complexity index is 467. The highest BCUT2D eigenvalue weighted by Gasteiger charge is 2.24. The van der Waals surface area contributed by atoms with Crippen LogP contribution in [0.15, 0.2) is 6.33 Å². The Morgan fingerprint density at radius 2 is 2.18 bits per heavy atom. The van der Waals surface area contributed by atoms with Gasteiger partial charge in [-0.2, -0.15) is 0 Å². The van der Waals surface area contributed by atoms with E-state index in [4.69, 9.17) is 0 Å². The molecule has 7 heteroatoms. The quantitative estimate of drug-likeness (QED) is 0.794. The van der Waals surface area contributed by atoms with Gasteiger partial charge in [0.15, 0.2) is 0 Å². The third kappa shape index (κ3) is 1.88. The zero-order valence-corrected chi connectivity index (χ0v) is 9.72. The van der Waals surface area contributed by atoms with Crippen LogP contribution in [0, 0.1) is 6.92 Å². The first-order valence-corrected chi connectivity index (χ1v) is 5.83. The van der Waals surface area contributed by atoms with Gasteiger partial charge in [0.1, 0.15) is 0 Å². The summed E-state index contributed by atoms with van der Waals surface area (Å²) in [4.78, 5) is 9.73. The Labute approximate surface area is 98.6 Å². The van der Waals surface area contributed by atoms with Crippen molar-refractivity contribution in [2.45, 2.75) is 25.7 Å². The van der Waals surface area contributed by atoms with E-state index in [0.29, 0.717) is 5.92 Å². The molecule has 0 bridgehead atoms. The van der Waals surface area contributed by atoms with Gasteiger partial charge in [-0.15, -0.1) is 0 Å². The van der Waals surface area contributed by atoms with E-state index < -0.39 is 0 Å². The zero-order valence-electron chi connectivity index (χ0n) is 9.72. The van der Waals surface area contributed by atoms with E-state index in [-0.39, 0.29) is 0 Å². The van der Waals surface area contributed by atoms with Gasteiger partial charge in [0.05, 0.1) is 12.0 Å². The molecule has 0 aromatic carbocycles. The molecular weight excluding hydrogens is 218 g/mol. The van der Waals surface area contributed by atoms with Gasteiger partial charge < -0.3 is 9.88 Å². The molecule has 17 heavy (non-hydrogen) atoms. The molecule has 0 radical (unpaired) electrons. The van der Waals surface area contributed by atoms with Crippen LogP contribution in [0.25, 0.3) is 0 Å². The molecule has 0 spiro atoms. The average Bonchev–Trinajstić information content (AvgIpc) is 3.00. The molecule has 0 atom stereocenters. The highest BCUT2D eigenvalue weighted by molar-refractivity contribution is 5.28. The number of H-pyrrole nitrogens is 2. The third-order valence-corrected chi connectivity index (χ3v) is 3.38. The lowest BCUT2D eigenvalue weighted by Crippen LogP contribution is -2.33. The smallest absolute Gasteiger partial charge is 0.242 e. The minimum Gasteiger partial charge on any atom is -0.348 e. The Morgan fingerprint density at radius 1 is 1.35 bits per heavy atom. The van der Waals surface area contributed by atoms with Gasteiger partial charge >= 0.3 is 0 Å². The van der Waals surface area contributed by atoms with Gasteiger partial charge in [-0.3, -0.25) is 0 Å². The normalized spacial score (nSPS) is 17.6. The second kappa shape index (κ2) is 4.15. The summed E-state index contributed by atoms with van der Waals surface area (Å²) in [6.45, 7) is 4.01. The Morgan fingerprint density at radius 3 is 2.76 bits per heavy atom. The first-order chi connectivity index (χ1) is 8.34. The monoisotopic (exact) mass is 233 g/mol. The number of nitrogens with zero attached hydrogens (tertiary/aromatic N) is 5. The molecular formula is C10H15N7. The lowest BCUT2D eigenvalue weighted by molar-refractivity contribution is 0.490. The summed E-state index contributed by atoms with van der Waals surface area (Å²) in [6.07, 6.45) is 3.95. The number of rotatable bonds is 2. The second-order valence-corrected chi connectivity index (χ2v) is 4.40. The number of hydrogen-bond acceptors (Lipinski definition) is 5. The summed E-state index contributed by atoms with van der Waals surface area (Å²) in [5.74, 6) is 1.32. The molecule has 0 aliphatic carbocycles. The maximum atomic E-state index is 4.41. The maximum absolute atomic E-state index is 4.41. The fourth-order valence-electron chi connectivity index (χ4n) is 2.43. The first-order valence-electron chi connectivity index (χ1n) is 5.83. The number of hydrogen-bond donors (Lipinski definition) is 2. The summed E-state index contributed by atoms with van der Waals surface area (Å²) in [7, 11) is 0. The van der Waals surface area contributed by atoms with Crippen LogP contribution in [0.5, 0.6) is 0 Å². The Kier molecular flexibility index (Phi) is 2.50. The summed E-state index contributed by atoms with van der Waals surface area (Å²) < 4.78 is 0. The molecule has 1 saturated heterocycles. The molecule has 0 amide bonds. The average molecular weight is 233 g/mol. The highest BCUT2D eigenvalue weighted by Crippen LogP contribution is 2.29. The fourth-order valence-corrected chi connectivity index (χ4v) is 2.43. The molecule has 0 saturated carbocycles. The molecule has 1 aliphatic rings. The van der Waals surface area contributed by atoms with Crippen molar-refractivity contribution in [3.63, 3.8) is 0 Å². The molecule has 2 aromatic rings. The van der Waals surface area contributed by atoms with Crippen molar-refractivity contribution < 1.29 is 0 Å². The molecule has 1 fully saturated rings. The van der Waals surface area contributed by atoms with Crippen LogP contribution in [0.2, 0.25) is 0 Å². The number of nitrogens with one attached hydrogen (secondary N) is 2. The lowest BCUT2D eigenvalue weighted by Gasteiger charge is -2.30. The fraction of sp³-hybridized carbons (Fsp3) is 0.600. The van der Waals surface area contributed by atoms with E-state index in [0.717, 1.165) is 31.9 Å². The number of aromatic nitrogens is 6. The van der Waals surface area contributed by atoms with Crippen LogP contribution in [-0.4, -0.2) is 43.7 Å². The third-order valence-electron chi connectivity index (χ3n) is 3.38. The molecule has 3 rings (SSSR count). The lowest BCUT2D eigenvalue weighted by atomic mass is 9.93. The summed E-state index contributed by atoms with van der Waals surface area (Å²) >= 11 is 0. The number of aryl methyl sites for hydroxylation is 1. The molecule has 90 valence electrons. The number of anilines is 1. The van der Waals surface area contributed by atoms with Gasteiger partial charge in [-0.25, -0.2) is 10.1 Å². The van der Waals surface area contributed by atoms with Crippen LogP contribution < -0.4 is 4.90 Å². The van der Waals surface area contributed by atoms with Crippen molar-refractivity contribution in [1.82, 2.24) is 30.6 Å². The minimum atomic E-state index is 0.549. The van der Waals surface area contributed by atoms with Crippen molar-refractivity contribution in [1.29, 1.82) is 0 Å². The van der Waals surface area contributed by atoms with Crippen LogP contribution in [0.1, 0.15) is 30.1 Å². The second-order valence-electron chi connectivity index (χ2n) is 4.40. The van der Waals surface area contributed by atoms with Crippen LogP contribution in [0.3, 0.4) is 0 Å². The summed E-state index contributed by atoms with van der Waals surface area (Å²) in [5, 5.41) is 13.9. The van der Waals surface area contributed by atoms with Gasteiger partial charge in [0.25, 0.3) is 0 Å². The number of piperidine rings is 1. The Hall–Kier alpha value is -1.92. The van der Waals surface area contributed by atoms with Crippen LogP contribution >= 0.6 is 0 Å². The molecule has 3 heterocycles. The predicted octanol–water partition coefficient (Wildman–Crippen LogP) is 0.615. The molecule has 1 aliphatic heterocycles. The summed E-state index contributed by atoms with van der Waals surface area (Å²) in [5.41, 5.74) is 2.39. The van der Waals surface area contributed by atoms with E-state index in [1.807, 2.05) is 0 Å². The number of aromatic amines is 2. The highest BCUT2D eigenvalue weighted by atomic mass is 15.5. The number of imidazole rings is 1. The van der Waals surface area contributed by atoms with E-state index in [9.17, 15) is 0 Å². The van der Waals surface area contributed by atoms with Crippen molar-refractivity contribution in [3.05, 3.63) is 17.7 Å². The number of tetrazole rings is 1. The van der Waals surface area contributed by atoms with Gasteiger partial charge in [-0.1, -0.05) is 5.10 Å².